The maximum Gasteiger partial charge on any atom is 0.211 e. The van der Waals surface area contributed by atoms with E-state index >= 15 is 0 Å². The molecule has 0 radical (unpaired) electrons. The van der Waals surface area contributed by atoms with Crippen LogP contribution in [-0.2, 0) is 6.61 Å². The highest BCUT2D eigenvalue weighted by atomic mass is 35.5. The number of halogens is 1. The third-order valence-electron chi connectivity index (χ3n) is 6.27. The molecule has 0 fully saturated rings. The van der Waals surface area contributed by atoms with E-state index in [2.05, 4.69) is 34.5 Å². The van der Waals surface area contributed by atoms with Crippen molar-refractivity contribution in [3.63, 3.8) is 0 Å². The Balaban J connectivity index is 1.78. The number of nitrogens with zero attached hydrogens (tertiary/aromatic N) is 4. The summed E-state index contributed by atoms with van der Waals surface area (Å²) in [4.78, 5) is 8.93. The summed E-state index contributed by atoms with van der Waals surface area (Å²) in [6, 6.07) is 10.7. The molecule has 0 spiro atoms. The molecular weight excluding hydrogens is 504 g/mol. The van der Waals surface area contributed by atoms with Gasteiger partial charge in [-0.3, -0.25) is 5.32 Å². The van der Waals surface area contributed by atoms with E-state index in [0.29, 0.717) is 22.2 Å². The van der Waals surface area contributed by atoms with Gasteiger partial charge in [0, 0.05) is 16.1 Å². The first-order valence-electron chi connectivity index (χ1n) is 11.8. The monoisotopic (exact) mass is 530 g/mol. The minimum atomic E-state index is -0.684. The first kappa shape index (κ1) is 26.4. The highest BCUT2D eigenvalue weighted by Crippen LogP contribution is 2.41. The fraction of sp³-hybridized carbons (Fsp3) is 0.259. The molecule has 1 aliphatic rings. The number of aliphatic imine (C=N–C) groups is 1. The standard InChI is InChI=1S/C27H27ClN8O2/c1-13(2)17-9-19(28)14(3)7-21(17)38-11-16-8-15(5-6-20(16)37-4)24-22-23(31)18(10-29)25(32)35-26(22)36-27(34-24)33-12-30/h5-9,13,24H,11H2,1-4H3,(H6,31,32,33,34,35,36). The van der Waals surface area contributed by atoms with E-state index in [4.69, 9.17) is 37.8 Å². The molecule has 10 nitrogen and oxygen atoms in total. The molecule has 0 bridgehead atoms. The number of ether oxygens (including phenoxy) is 2. The van der Waals surface area contributed by atoms with Gasteiger partial charge in [0.25, 0.3) is 0 Å². The van der Waals surface area contributed by atoms with Gasteiger partial charge in [0.1, 0.15) is 47.4 Å². The molecule has 0 saturated heterocycles. The van der Waals surface area contributed by atoms with Crippen molar-refractivity contribution in [2.45, 2.75) is 39.3 Å². The van der Waals surface area contributed by atoms with E-state index in [1.54, 1.807) is 7.11 Å². The van der Waals surface area contributed by atoms with E-state index in [1.807, 2.05) is 49.5 Å². The minimum absolute atomic E-state index is 0.0174. The lowest BCUT2D eigenvalue weighted by Crippen LogP contribution is -2.32. The Kier molecular flexibility index (Phi) is 7.47. The number of benzene rings is 2. The van der Waals surface area contributed by atoms with Crippen LogP contribution in [0.1, 0.15) is 59.2 Å². The molecule has 1 aromatic heterocycles. The maximum atomic E-state index is 9.58. The van der Waals surface area contributed by atoms with Gasteiger partial charge in [-0.15, -0.1) is 0 Å². The first-order chi connectivity index (χ1) is 18.2. The van der Waals surface area contributed by atoms with Crippen molar-refractivity contribution in [1.82, 2.24) is 10.3 Å². The number of aromatic nitrogens is 1. The Morgan fingerprint density at radius 2 is 1.95 bits per heavy atom. The van der Waals surface area contributed by atoms with E-state index in [1.165, 1.54) is 0 Å². The van der Waals surface area contributed by atoms with Crippen LogP contribution in [0, 0.1) is 29.7 Å². The Bertz CT molecular complexity index is 1520. The van der Waals surface area contributed by atoms with Crippen molar-refractivity contribution in [3.05, 3.63) is 68.7 Å². The molecule has 2 aromatic carbocycles. The van der Waals surface area contributed by atoms with Crippen LogP contribution in [0.3, 0.4) is 0 Å². The summed E-state index contributed by atoms with van der Waals surface area (Å²) >= 11 is 6.36. The van der Waals surface area contributed by atoms with Crippen LogP contribution in [0.4, 0.5) is 17.3 Å². The molecule has 1 unspecified atom stereocenters. The number of aryl methyl sites for hydroxylation is 1. The lowest BCUT2D eigenvalue weighted by atomic mass is 9.94. The second-order valence-corrected chi connectivity index (χ2v) is 9.46. The molecule has 0 amide bonds. The number of guanidine groups is 1. The van der Waals surface area contributed by atoms with Gasteiger partial charge in [0.15, 0.2) is 6.19 Å². The quantitative estimate of drug-likeness (QED) is 0.260. The van der Waals surface area contributed by atoms with Gasteiger partial charge in [-0.25, -0.2) is 9.98 Å². The zero-order valence-corrected chi connectivity index (χ0v) is 22.1. The molecular formula is C27H27ClN8O2. The molecule has 1 atom stereocenters. The lowest BCUT2D eigenvalue weighted by molar-refractivity contribution is 0.292. The second-order valence-electron chi connectivity index (χ2n) is 9.06. The van der Waals surface area contributed by atoms with Crippen molar-refractivity contribution in [3.8, 4) is 23.8 Å². The minimum Gasteiger partial charge on any atom is -0.496 e. The number of nitrogens with two attached hydrogens (primary N) is 2. The van der Waals surface area contributed by atoms with Crippen LogP contribution in [0.5, 0.6) is 11.5 Å². The molecule has 1 aliphatic heterocycles. The Labute approximate surface area is 225 Å². The maximum absolute atomic E-state index is 9.58. The van der Waals surface area contributed by atoms with Crippen LogP contribution in [0.15, 0.2) is 35.3 Å². The van der Waals surface area contributed by atoms with Crippen LogP contribution < -0.4 is 31.6 Å². The molecule has 6 N–H and O–H groups in total. The average Bonchev–Trinajstić information content (AvgIpc) is 2.88. The van der Waals surface area contributed by atoms with Gasteiger partial charge < -0.3 is 26.3 Å². The summed E-state index contributed by atoms with van der Waals surface area (Å²) < 4.78 is 11.9. The van der Waals surface area contributed by atoms with E-state index < -0.39 is 6.04 Å². The zero-order valence-electron chi connectivity index (χ0n) is 21.4. The summed E-state index contributed by atoms with van der Waals surface area (Å²) in [5.41, 5.74) is 16.4. The van der Waals surface area contributed by atoms with Crippen LogP contribution >= 0.6 is 11.6 Å². The SMILES string of the molecule is COc1ccc(C2N=C(NC#N)Nc3nc(N)c(C#N)c(N)c32)cc1COc1cc(C)c(Cl)cc1C(C)C. The number of rotatable bonds is 6. The predicted molar refractivity (Wildman–Crippen MR) is 147 cm³/mol. The van der Waals surface area contributed by atoms with Gasteiger partial charge in [-0.2, -0.15) is 10.5 Å². The number of methoxy groups -OCH3 is 1. The summed E-state index contributed by atoms with van der Waals surface area (Å²) in [7, 11) is 1.58. The second kappa shape index (κ2) is 10.8. The van der Waals surface area contributed by atoms with Crippen molar-refractivity contribution in [2.75, 3.05) is 23.9 Å². The van der Waals surface area contributed by atoms with Crippen molar-refractivity contribution in [1.29, 1.82) is 10.5 Å². The number of nitriles is 2. The lowest BCUT2D eigenvalue weighted by Gasteiger charge is -2.26. The molecule has 4 rings (SSSR count). The summed E-state index contributed by atoms with van der Waals surface area (Å²) in [6.07, 6.45) is 1.85. The Morgan fingerprint density at radius 1 is 1.18 bits per heavy atom. The Hall–Kier alpha value is -4.67. The molecule has 194 valence electrons. The molecule has 0 saturated carbocycles. The van der Waals surface area contributed by atoms with Crippen molar-refractivity contribution in [2.24, 2.45) is 4.99 Å². The van der Waals surface area contributed by atoms with Gasteiger partial charge in [0.2, 0.25) is 5.96 Å². The normalized spacial score (nSPS) is 14.0. The smallest absolute Gasteiger partial charge is 0.211 e. The number of nitrogen functional groups attached to an aromatic ring is 2. The van der Waals surface area contributed by atoms with Gasteiger partial charge in [-0.1, -0.05) is 31.5 Å². The number of nitrogens with one attached hydrogen (secondary N) is 2. The summed E-state index contributed by atoms with van der Waals surface area (Å²) in [5, 5.41) is 24.9. The van der Waals surface area contributed by atoms with E-state index in [9.17, 15) is 5.26 Å². The van der Waals surface area contributed by atoms with E-state index in [-0.39, 0.29) is 35.6 Å². The number of hydrogen-bond acceptors (Lipinski definition) is 10. The number of fused-ring (bicyclic) bond motifs is 1. The summed E-state index contributed by atoms with van der Waals surface area (Å²) in [6.45, 7) is 6.30. The fourth-order valence-corrected chi connectivity index (χ4v) is 4.48. The Morgan fingerprint density at radius 3 is 2.61 bits per heavy atom. The molecule has 2 heterocycles. The van der Waals surface area contributed by atoms with E-state index in [0.717, 1.165) is 28.0 Å². The fourth-order valence-electron chi connectivity index (χ4n) is 4.31. The molecule has 11 heteroatoms. The van der Waals surface area contributed by atoms with Gasteiger partial charge in [0.05, 0.1) is 12.8 Å². The topological polar surface area (TPSA) is 167 Å². The third kappa shape index (κ3) is 4.95. The summed E-state index contributed by atoms with van der Waals surface area (Å²) in [5.74, 6) is 2.04. The number of hydrogen-bond donors (Lipinski definition) is 4. The average molecular weight is 531 g/mol. The molecule has 3 aromatic rings. The largest absolute Gasteiger partial charge is 0.496 e. The number of pyridine rings is 1. The molecule has 38 heavy (non-hydrogen) atoms. The van der Waals surface area contributed by atoms with Crippen LogP contribution in [0.2, 0.25) is 5.02 Å². The number of anilines is 3. The molecule has 0 aliphatic carbocycles. The van der Waals surface area contributed by atoms with Crippen molar-refractivity contribution >= 4 is 34.9 Å². The zero-order chi connectivity index (χ0) is 27.6. The highest BCUT2D eigenvalue weighted by Gasteiger charge is 2.30. The van der Waals surface area contributed by atoms with Gasteiger partial charge >= 0.3 is 0 Å². The van der Waals surface area contributed by atoms with Crippen LogP contribution in [0.25, 0.3) is 0 Å². The van der Waals surface area contributed by atoms with Gasteiger partial charge in [-0.05, 0) is 53.8 Å². The highest BCUT2D eigenvalue weighted by molar-refractivity contribution is 6.31. The van der Waals surface area contributed by atoms with Crippen LogP contribution in [-0.4, -0.2) is 18.1 Å². The third-order valence-corrected chi connectivity index (χ3v) is 6.68. The van der Waals surface area contributed by atoms with Crippen molar-refractivity contribution < 1.29 is 9.47 Å². The first-order valence-corrected chi connectivity index (χ1v) is 12.1. The predicted octanol–water partition coefficient (Wildman–Crippen LogP) is 4.73.